The topological polar surface area (TPSA) is 55.8 Å². The fourth-order valence-electron chi connectivity index (χ4n) is 4.14. The zero-order valence-corrected chi connectivity index (χ0v) is 17.6. The van der Waals surface area contributed by atoms with Gasteiger partial charge in [0.1, 0.15) is 0 Å². The van der Waals surface area contributed by atoms with Crippen LogP contribution in [0.1, 0.15) is 40.8 Å². The highest BCUT2D eigenvalue weighted by molar-refractivity contribution is 7.89. The predicted octanol–water partition coefficient (Wildman–Crippen LogP) is 3.94. The average Bonchev–Trinajstić information content (AvgIpc) is 2.59. The first-order valence-electron chi connectivity index (χ1n) is 9.05. The van der Waals surface area contributed by atoms with Crippen LogP contribution in [0.4, 0.5) is 0 Å². The molecule has 2 aromatic rings. The van der Waals surface area contributed by atoms with Gasteiger partial charge in [-0.2, -0.15) is 4.31 Å². The summed E-state index contributed by atoms with van der Waals surface area (Å²) >= 11 is 0. The third kappa shape index (κ3) is 3.32. The molecule has 1 unspecified atom stereocenters. The van der Waals surface area contributed by atoms with Crippen molar-refractivity contribution in [2.45, 2.75) is 45.1 Å². The Morgan fingerprint density at radius 3 is 2.07 bits per heavy atom. The molecule has 0 aromatic heterocycles. The summed E-state index contributed by atoms with van der Waals surface area (Å²) in [5.74, 6) is 1.29. The van der Waals surface area contributed by atoms with E-state index < -0.39 is 10.0 Å². The number of aryl methyl sites for hydroxylation is 3. The molecule has 2 aromatic carbocycles. The molecule has 0 saturated heterocycles. The fourth-order valence-corrected chi connectivity index (χ4v) is 6.17. The summed E-state index contributed by atoms with van der Waals surface area (Å²) in [6.07, 6.45) is 0.642. The number of sulfonamides is 1. The lowest BCUT2D eigenvalue weighted by molar-refractivity contribution is 0.318. The van der Waals surface area contributed by atoms with Crippen molar-refractivity contribution in [2.24, 2.45) is 0 Å². The second kappa shape index (κ2) is 7.17. The molecule has 0 bridgehead atoms. The Bertz CT molecular complexity index is 959. The van der Waals surface area contributed by atoms with Crippen LogP contribution in [0.3, 0.4) is 0 Å². The van der Waals surface area contributed by atoms with Crippen LogP contribution >= 0.6 is 0 Å². The molecule has 1 atom stereocenters. The van der Waals surface area contributed by atoms with Crippen LogP contribution in [0, 0.1) is 20.8 Å². The van der Waals surface area contributed by atoms with E-state index in [1.165, 1.54) is 0 Å². The third-order valence-corrected chi connectivity index (χ3v) is 7.58. The van der Waals surface area contributed by atoms with E-state index in [1.807, 2.05) is 52.0 Å². The maximum absolute atomic E-state index is 13.5. The molecule has 1 aliphatic heterocycles. The molecule has 0 fully saturated rings. The van der Waals surface area contributed by atoms with Crippen LogP contribution in [0.25, 0.3) is 0 Å². The van der Waals surface area contributed by atoms with Gasteiger partial charge in [0.25, 0.3) is 0 Å². The van der Waals surface area contributed by atoms with Gasteiger partial charge in [-0.05, 0) is 68.5 Å². The molecule has 3 rings (SSSR count). The molecule has 0 N–H and O–H groups in total. The Hall–Kier alpha value is -2.05. The van der Waals surface area contributed by atoms with Gasteiger partial charge in [0, 0.05) is 12.6 Å². The van der Waals surface area contributed by atoms with Crippen molar-refractivity contribution in [1.29, 1.82) is 0 Å². The first-order chi connectivity index (χ1) is 12.7. The molecule has 0 radical (unpaired) electrons. The standard InChI is InChI=1S/C21H27NO4S/c1-13-9-14(2)21(15(3)10-13)27(23,24)22-8-7-17-11-19(25-5)20(26-6)12-18(17)16(22)4/h9-12,16H,7-8H2,1-6H3. The van der Waals surface area contributed by atoms with E-state index >= 15 is 0 Å². The van der Waals surface area contributed by atoms with Gasteiger partial charge in [-0.3, -0.25) is 0 Å². The number of benzene rings is 2. The first-order valence-corrected chi connectivity index (χ1v) is 10.5. The van der Waals surface area contributed by atoms with Gasteiger partial charge >= 0.3 is 0 Å². The summed E-state index contributed by atoms with van der Waals surface area (Å²) < 4.78 is 39.4. The molecular weight excluding hydrogens is 362 g/mol. The highest BCUT2D eigenvalue weighted by Crippen LogP contribution is 2.40. The summed E-state index contributed by atoms with van der Waals surface area (Å²) in [7, 11) is -0.410. The lowest BCUT2D eigenvalue weighted by Gasteiger charge is -2.35. The van der Waals surface area contributed by atoms with E-state index in [-0.39, 0.29) is 6.04 Å². The Morgan fingerprint density at radius 2 is 1.52 bits per heavy atom. The molecule has 6 heteroatoms. The average molecular weight is 390 g/mol. The third-order valence-electron chi connectivity index (χ3n) is 5.30. The van der Waals surface area contributed by atoms with E-state index in [1.54, 1.807) is 18.5 Å². The van der Waals surface area contributed by atoms with E-state index in [9.17, 15) is 8.42 Å². The van der Waals surface area contributed by atoms with E-state index in [2.05, 4.69) is 0 Å². The summed E-state index contributed by atoms with van der Waals surface area (Å²) in [5.41, 5.74) is 4.71. The number of rotatable bonds is 4. The van der Waals surface area contributed by atoms with Crippen molar-refractivity contribution in [2.75, 3.05) is 20.8 Å². The monoisotopic (exact) mass is 389 g/mol. The predicted molar refractivity (Wildman–Crippen MR) is 106 cm³/mol. The molecule has 0 aliphatic carbocycles. The molecule has 0 amide bonds. The lowest BCUT2D eigenvalue weighted by atomic mass is 9.94. The Balaban J connectivity index is 2.08. The van der Waals surface area contributed by atoms with Crippen molar-refractivity contribution < 1.29 is 17.9 Å². The van der Waals surface area contributed by atoms with E-state index in [4.69, 9.17) is 9.47 Å². The second-order valence-electron chi connectivity index (χ2n) is 7.18. The smallest absolute Gasteiger partial charge is 0.244 e. The minimum absolute atomic E-state index is 0.279. The summed E-state index contributed by atoms with van der Waals surface area (Å²) in [4.78, 5) is 0.420. The lowest BCUT2D eigenvalue weighted by Crippen LogP contribution is -2.39. The van der Waals surface area contributed by atoms with Crippen molar-refractivity contribution in [3.8, 4) is 11.5 Å². The second-order valence-corrected chi connectivity index (χ2v) is 9.00. The van der Waals surface area contributed by atoms with Gasteiger partial charge in [-0.15, -0.1) is 0 Å². The van der Waals surface area contributed by atoms with Gasteiger partial charge < -0.3 is 9.47 Å². The number of hydrogen-bond acceptors (Lipinski definition) is 4. The van der Waals surface area contributed by atoms with Crippen LogP contribution in [-0.2, 0) is 16.4 Å². The Kier molecular flexibility index (Phi) is 5.23. The van der Waals surface area contributed by atoms with Crippen LogP contribution in [-0.4, -0.2) is 33.5 Å². The molecule has 27 heavy (non-hydrogen) atoms. The Labute approximate surface area is 162 Å². The first kappa shape index (κ1) is 19.7. The molecule has 146 valence electrons. The van der Waals surface area contributed by atoms with Gasteiger partial charge in [0.15, 0.2) is 11.5 Å². The number of hydrogen-bond donors (Lipinski definition) is 0. The van der Waals surface area contributed by atoms with Gasteiger partial charge in [-0.1, -0.05) is 17.7 Å². The zero-order valence-electron chi connectivity index (χ0n) is 16.8. The van der Waals surface area contributed by atoms with Crippen LogP contribution in [0.5, 0.6) is 11.5 Å². The molecule has 0 saturated carbocycles. The van der Waals surface area contributed by atoms with Crippen molar-refractivity contribution in [3.63, 3.8) is 0 Å². The maximum atomic E-state index is 13.5. The zero-order chi connectivity index (χ0) is 19.9. The number of ether oxygens (including phenoxy) is 2. The largest absolute Gasteiger partial charge is 0.493 e. The van der Waals surface area contributed by atoms with Crippen LogP contribution in [0.15, 0.2) is 29.2 Å². The van der Waals surface area contributed by atoms with Crippen LogP contribution < -0.4 is 9.47 Å². The molecule has 1 heterocycles. The summed E-state index contributed by atoms with van der Waals surface area (Å²) in [6, 6.07) is 7.43. The summed E-state index contributed by atoms with van der Waals surface area (Å²) in [6.45, 7) is 8.08. The minimum atomic E-state index is -3.61. The summed E-state index contributed by atoms with van der Waals surface area (Å²) in [5, 5.41) is 0. The highest BCUT2D eigenvalue weighted by atomic mass is 32.2. The maximum Gasteiger partial charge on any atom is 0.244 e. The van der Waals surface area contributed by atoms with E-state index in [0.717, 1.165) is 27.8 Å². The normalized spacial score (nSPS) is 17.5. The fraction of sp³-hybridized carbons (Fsp3) is 0.429. The molecule has 5 nitrogen and oxygen atoms in total. The quantitative estimate of drug-likeness (QED) is 0.795. The van der Waals surface area contributed by atoms with Crippen molar-refractivity contribution in [3.05, 3.63) is 52.1 Å². The minimum Gasteiger partial charge on any atom is -0.493 e. The van der Waals surface area contributed by atoms with Crippen molar-refractivity contribution >= 4 is 10.0 Å². The molecular formula is C21H27NO4S. The molecule has 1 aliphatic rings. The van der Waals surface area contributed by atoms with Gasteiger partial charge in [0.05, 0.1) is 19.1 Å². The SMILES string of the molecule is COc1cc2c(cc1OC)C(C)N(S(=O)(=O)c1c(C)cc(C)cc1C)CC2. The van der Waals surface area contributed by atoms with Crippen molar-refractivity contribution in [1.82, 2.24) is 4.31 Å². The van der Waals surface area contributed by atoms with Crippen LogP contribution in [0.2, 0.25) is 0 Å². The van der Waals surface area contributed by atoms with E-state index in [0.29, 0.717) is 29.4 Å². The number of nitrogens with zero attached hydrogens (tertiary/aromatic N) is 1. The Morgan fingerprint density at radius 1 is 0.963 bits per heavy atom. The molecule has 0 spiro atoms. The number of methoxy groups -OCH3 is 2. The highest BCUT2D eigenvalue weighted by Gasteiger charge is 2.36. The number of fused-ring (bicyclic) bond motifs is 1. The van der Waals surface area contributed by atoms with Gasteiger partial charge in [0.2, 0.25) is 10.0 Å². The van der Waals surface area contributed by atoms with Gasteiger partial charge in [-0.25, -0.2) is 8.42 Å².